The summed E-state index contributed by atoms with van der Waals surface area (Å²) in [5.41, 5.74) is 2.52. The molecular weight excluding hydrogens is 446 g/mol. The Kier molecular flexibility index (Phi) is 4.98. The average molecular weight is 481 g/mol. The summed E-state index contributed by atoms with van der Waals surface area (Å²) in [4.78, 5) is 21.4. The van der Waals surface area contributed by atoms with Crippen molar-refractivity contribution in [1.29, 1.82) is 0 Å². The zero-order valence-electron chi connectivity index (χ0n) is 20.4. The lowest BCUT2D eigenvalue weighted by Crippen LogP contribution is -2.55. The van der Waals surface area contributed by atoms with Gasteiger partial charge in [-0.25, -0.2) is 8.78 Å². The summed E-state index contributed by atoms with van der Waals surface area (Å²) in [6.07, 6.45) is 13.3. The molecule has 0 N–H and O–H groups in total. The summed E-state index contributed by atoms with van der Waals surface area (Å²) >= 11 is 0. The molecule has 2 unspecified atom stereocenters. The van der Waals surface area contributed by atoms with E-state index in [9.17, 15) is 13.6 Å². The molecule has 0 aromatic carbocycles. The number of piperidine rings is 1. The van der Waals surface area contributed by atoms with E-state index in [0.717, 1.165) is 62.6 Å². The second-order valence-corrected chi connectivity index (χ2v) is 12.2. The highest BCUT2D eigenvalue weighted by molar-refractivity contribution is 6.09. The van der Waals surface area contributed by atoms with Crippen LogP contribution in [0.5, 0.6) is 0 Å². The smallest absolute Gasteiger partial charge is 0.251 e. The van der Waals surface area contributed by atoms with E-state index in [1.807, 2.05) is 4.90 Å². The minimum absolute atomic E-state index is 0.00330. The van der Waals surface area contributed by atoms with Crippen LogP contribution < -0.4 is 0 Å². The minimum Gasteiger partial charge on any atom is -0.336 e. The largest absolute Gasteiger partial charge is 0.336 e. The van der Waals surface area contributed by atoms with Gasteiger partial charge in [0.15, 0.2) is 0 Å². The standard InChI is InChI=1S/C28H34F2N4O/c29-19-10-22(30)20-15-28(31-24(20)11-19,18-6-4-2-1-3-5-7-18)26(35)34-9-8-23-21(16-34)25(33-32-23)27-12-17(13-27)14-27/h10,17-18,23H,1-9,11-16H2. The first-order valence-electron chi connectivity index (χ1n) is 13.7. The van der Waals surface area contributed by atoms with Gasteiger partial charge in [0.1, 0.15) is 17.2 Å². The Balaban J connectivity index is 1.23. The Morgan fingerprint density at radius 2 is 1.77 bits per heavy atom. The van der Waals surface area contributed by atoms with Gasteiger partial charge < -0.3 is 4.90 Å². The van der Waals surface area contributed by atoms with Crippen LogP contribution in [0.4, 0.5) is 8.78 Å². The predicted octanol–water partition coefficient (Wildman–Crippen LogP) is 6.53. The van der Waals surface area contributed by atoms with Gasteiger partial charge in [0.05, 0.1) is 11.7 Å². The third-order valence-electron chi connectivity index (χ3n) is 10.1. The van der Waals surface area contributed by atoms with Crippen molar-refractivity contribution in [3.63, 3.8) is 0 Å². The van der Waals surface area contributed by atoms with Crippen molar-refractivity contribution in [3.05, 3.63) is 34.6 Å². The second-order valence-electron chi connectivity index (χ2n) is 12.2. The van der Waals surface area contributed by atoms with Crippen molar-refractivity contribution in [1.82, 2.24) is 4.90 Å². The van der Waals surface area contributed by atoms with Gasteiger partial charge in [-0.3, -0.25) is 9.79 Å². The number of nitrogens with zero attached hydrogens (tertiary/aromatic N) is 4. The molecule has 2 atom stereocenters. The Morgan fingerprint density at radius 1 is 1.03 bits per heavy atom. The van der Waals surface area contributed by atoms with Crippen LogP contribution >= 0.6 is 0 Å². The average Bonchev–Trinajstić information content (AvgIpc) is 3.33. The molecule has 3 heterocycles. The number of hydrogen-bond donors (Lipinski definition) is 0. The quantitative estimate of drug-likeness (QED) is 0.453. The van der Waals surface area contributed by atoms with Crippen molar-refractivity contribution in [2.45, 2.75) is 95.1 Å². The summed E-state index contributed by atoms with van der Waals surface area (Å²) in [6.45, 7) is 1.19. The fourth-order valence-electron chi connectivity index (χ4n) is 8.05. The maximum Gasteiger partial charge on any atom is 0.251 e. The number of carbonyl (C=O) groups excluding carboxylic acids is 1. The summed E-state index contributed by atoms with van der Waals surface area (Å²) in [7, 11) is 0. The second kappa shape index (κ2) is 7.91. The number of azo groups is 1. The number of aliphatic imine (C=N–C) groups is 1. The molecule has 1 amide bonds. The number of carbonyl (C=O) groups is 1. The summed E-state index contributed by atoms with van der Waals surface area (Å²) in [5, 5.41) is 9.23. The fraction of sp³-hybridized carbons (Fsp3) is 0.714. The van der Waals surface area contributed by atoms with Gasteiger partial charge in [0.25, 0.3) is 5.91 Å². The summed E-state index contributed by atoms with van der Waals surface area (Å²) < 4.78 is 29.1. The number of fused-ring (bicyclic) bond motifs is 2. The highest BCUT2D eigenvalue weighted by atomic mass is 19.1. The van der Waals surface area contributed by atoms with E-state index >= 15 is 0 Å². The van der Waals surface area contributed by atoms with E-state index in [0.29, 0.717) is 24.4 Å². The van der Waals surface area contributed by atoms with Crippen LogP contribution in [-0.4, -0.2) is 41.2 Å². The van der Waals surface area contributed by atoms with Crippen LogP contribution in [0.3, 0.4) is 0 Å². The van der Waals surface area contributed by atoms with E-state index < -0.39 is 17.2 Å². The molecule has 4 saturated carbocycles. The van der Waals surface area contributed by atoms with Crippen LogP contribution in [0.1, 0.15) is 83.5 Å². The maximum atomic E-state index is 14.9. The molecule has 3 aliphatic heterocycles. The highest BCUT2D eigenvalue weighted by Crippen LogP contribution is 2.69. The van der Waals surface area contributed by atoms with Crippen LogP contribution in [0.15, 0.2) is 49.8 Å². The Morgan fingerprint density at radius 3 is 2.49 bits per heavy atom. The Labute approximate surface area is 205 Å². The molecule has 5 aliphatic carbocycles. The molecule has 8 rings (SSSR count). The topological polar surface area (TPSA) is 57.4 Å². The first-order valence-corrected chi connectivity index (χ1v) is 13.7. The molecule has 2 bridgehead atoms. The highest BCUT2D eigenvalue weighted by Gasteiger charge is 2.61. The van der Waals surface area contributed by atoms with E-state index in [2.05, 4.69) is 10.2 Å². The molecule has 35 heavy (non-hydrogen) atoms. The summed E-state index contributed by atoms with van der Waals surface area (Å²) in [5.74, 6) is -0.113. The first-order chi connectivity index (χ1) is 17.0. The van der Waals surface area contributed by atoms with Crippen molar-refractivity contribution in [2.75, 3.05) is 13.1 Å². The van der Waals surface area contributed by atoms with Crippen LogP contribution in [-0.2, 0) is 4.79 Å². The van der Waals surface area contributed by atoms with Crippen molar-refractivity contribution in [3.8, 4) is 0 Å². The third-order valence-corrected chi connectivity index (χ3v) is 10.1. The molecule has 0 radical (unpaired) electrons. The van der Waals surface area contributed by atoms with Gasteiger partial charge >= 0.3 is 0 Å². The maximum absolute atomic E-state index is 14.9. The summed E-state index contributed by atoms with van der Waals surface area (Å²) in [6, 6.07) is 0.108. The normalized spacial score (nSPS) is 38.7. The molecule has 5 nitrogen and oxygen atoms in total. The molecule has 5 fully saturated rings. The van der Waals surface area contributed by atoms with E-state index in [4.69, 9.17) is 4.99 Å². The van der Waals surface area contributed by atoms with Gasteiger partial charge in [-0.2, -0.15) is 10.2 Å². The van der Waals surface area contributed by atoms with Crippen LogP contribution in [0.2, 0.25) is 0 Å². The lowest BCUT2D eigenvalue weighted by Gasteiger charge is -2.61. The lowest BCUT2D eigenvalue weighted by molar-refractivity contribution is -0.139. The van der Waals surface area contributed by atoms with Gasteiger partial charge in [-0.1, -0.05) is 32.1 Å². The fourth-order valence-corrected chi connectivity index (χ4v) is 8.05. The van der Waals surface area contributed by atoms with Gasteiger partial charge in [0.2, 0.25) is 0 Å². The van der Waals surface area contributed by atoms with Crippen molar-refractivity contribution >= 4 is 11.6 Å². The monoisotopic (exact) mass is 480 g/mol. The van der Waals surface area contributed by atoms with E-state index in [1.165, 1.54) is 31.3 Å². The van der Waals surface area contributed by atoms with E-state index in [-0.39, 0.29) is 36.1 Å². The number of halogens is 2. The van der Waals surface area contributed by atoms with Gasteiger partial charge in [-0.15, -0.1) is 0 Å². The van der Waals surface area contributed by atoms with Crippen molar-refractivity contribution in [2.24, 2.45) is 32.5 Å². The molecule has 1 saturated heterocycles. The van der Waals surface area contributed by atoms with E-state index in [1.54, 1.807) is 0 Å². The first kappa shape index (κ1) is 22.1. The number of allylic oxidation sites excluding steroid dienone is 4. The van der Waals surface area contributed by atoms with Crippen LogP contribution in [0.25, 0.3) is 0 Å². The van der Waals surface area contributed by atoms with Gasteiger partial charge in [-0.05, 0) is 55.9 Å². The Bertz CT molecular complexity index is 1110. The number of amides is 1. The van der Waals surface area contributed by atoms with Crippen molar-refractivity contribution < 1.29 is 13.6 Å². The number of likely N-dealkylation sites (tertiary alicyclic amines) is 1. The molecule has 0 aromatic heterocycles. The molecule has 186 valence electrons. The zero-order chi connectivity index (χ0) is 23.8. The number of rotatable bonds is 3. The predicted molar refractivity (Wildman–Crippen MR) is 129 cm³/mol. The molecule has 0 aromatic rings. The number of hydrogen-bond acceptors (Lipinski definition) is 4. The molecule has 0 spiro atoms. The molecular formula is C28H34F2N4O. The van der Waals surface area contributed by atoms with Crippen LogP contribution in [0, 0.1) is 17.3 Å². The Hall–Kier alpha value is -2.18. The molecule has 8 aliphatic rings. The lowest BCUT2D eigenvalue weighted by atomic mass is 9.43. The zero-order valence-corrected chi connectivity index (χ0v) is 20.4. The third kappa shape index (κ3) is 3.28. The molecule has 7 heteroatoms. The van der Waals surface area contributed by atoms with Gasteiger partial charge in [0, 0.05) is 48.7 Å². The SMILES string of the molecule is O=C(N1CCC2N=NC(C34CC(C3)C4)=C2C1)C1(C2CCCCCCC2)CC2=C(F)C=C(F)CC2=N1. The minimum atomic E-state index is -1.01.